The number of carbonyl (C=O) groups excluding carboxylic acids is 2. The van der Waals surface area contributed by atoms with Gasteiger partial charge in [-0.1, -0.05) is 13.8 Å². The Kier molecular flexibility index (Phi) is 7.14. The summed E-state index contributed by atoms with van der Waals surface area (Å²) in [4.78, 5) is 27.3. The first-order chi connectivity index (χ1) is 14.6. The van der Waals surface area contributed by atoms with Gasteiger partial charge in [-0.15, -0.1) is 0 Å². The van der Waals surface area contributed by atoms with Gasteiger partial charge in [-0.2, -0.15) is 0 Å². The van der Waals surface area contributed by atoms with Crippen LogP contribution in [0.2, 0.25) is 0 Å². The van der Waals surface area contributed by atoms with Gasteiger partial charge >= 0.3 is 5.97 Å². The summed E-state index contributed by atoms with van der Waals surface area (Å²) in [7, 11) is 0. The fraction of sp³-hybridized carbons (Fsp3) is 0.667. The zero-order valence-electron chi connectivity index (χ0n) is 19.1. The maximum atomic E-state index is 13.0. The van der Waals surface area contributed by atoms with E-state index in [1.165, 1.54) is 6.07 Å². The molecule has 1 saturated carbocycles. The first-order valence-corrected chi connectivity index (χ1v) is 11.4. The number of carbonyl (C=O) groups is 2. The summed E-state index contributed by atoms with van der Waals surface area (Å²) in [6.07, 6.45) is 5.60. The highest BCUT2D eigenvalue weighted by Crippen LogP contribution is 2.33. The second-order valence-corrected chi connectivity index (χ2v) is 9.73. The maximum absolute atomic E-state index is 13.0. The minimum Gasteiger partial charge on any atom is -0.508 e. The van der Waals surface area contributed by atoms with Crippen molar-refractivity contribution in [1.29, 1.82) is 0 Å². The third kappa shape index (κ3) is 5.50. The average molecular weight is 433 g/mol. The lowest BCUT2D eigenvalue weighted by Crippen LogP contribution is -2.56. The van der Waals surface area contributed by atoms with E-state index in [2.05, 4.69) is 5.32 Å². The predicted molar refractivity (Wildman–Crippen MR) is 118 cm³/mol. The van der Waals surface area contributed by atoms with Gasteiger partial charge in [0.05, 0.1) is 5.56 Å². The Morgan fingerprint density at radius 2 is 1.68 bits per heavy atom. The molecule has 1 heterocycles. The van der Waals surface area contributed by atoms with E-state index in [1.54, 1.807) is 11.0 Å². The number of nitrogens with zero attached hydrogens (tertiary/aromatic N) is 1. The zero-order chi connectivity index (χ0) is 22.8. The smallest absolute Gasteiger partial charge is 0.326 e. The van der Waals surface area contributed by atoms with Crippen molar-refractivity contribution in [3.63, 3.8) is 0 Å². The third-order valence-electron chi connectivity index (χ3n) is 6.43. The van der Waals surface area contributed by atoms with Crippen molar-refractivity contribution in [2.45, 2.75) is 89.8 Å². The molecule has 1 saturated heterocycles. The van der Waals surface area contributed by atoms with Crippen molar-refractivity contribution in [3.8, 4) is 11.5 Å². The molecule has 3 N–H and O–H groups in total. The van der Waals surface area contributed by atoms with Gasteiger partial charge in [-0.05, 0) is 69.9 Å². The van der Waals surface area contributed by atoms with Crippen LogP contribution in [0, 0.1) is 0 Å². The highest BCUT2D eigenvalue weighted by molar-refractivity contribution is 5.97. The third-order valence-corrected chi connectivity index (χ3v) is 6.43. The van der Waals surface area contributed by atoms with Crippen LogP contribution in [0.4, 0.5) is 0 Å². The minimum atomic E-state index is -0.777. The van der Waals surface area contributed by atoms with Crippen molar-refractivity contribution in [2.75, 3.05) is 13.1 Å². The molecule has 172 valence electrons. The molecule has 0 bridgehead atoms. The fourth-order valence-corrected chi connectivity index (χ4v) is 4.50. The zero-order valence-corrected chi connectivity index (χ0v) is 19.1. The Labute approximate surface area is 184 Å². The number of phenols is 2. The average Bonchev–Trinajstić information content (AvgIpc) is 3.20. The summed E-state index contributed by atoms with van der Waals surface area (Å²) in [5.74, 6) is -0.624. The number of aromatic hydroxyl groups is 2. The van der Waals surface area contributed by atoms with Crippen LogP contribution >= 0.6 is 0 Å². The van der Waals surface area contributed by atoms with Crippen molar-refractivity contribution in [2.24, 2.45) is 0 Å². The summed E-state index contributed by atoms with van der Waals surface area (Å²) < 4.78 is 5.67. The van der Waals surface area contributed by atoms with Crippen LogP contribution in [-0.4, -0.2) is 57.8 Å². The number of benzene rings is 1. The summed E-state index contributed by atoms with van der Waals surface area (Å²) in [5, 5.41) is 23.7. The molecule has 0 radical (unpaired) electrons. The first-order valence-electron chi connectivity index (χ1n) is 11.4. The Morgan fingerprint density at radius 1 is 1.06 bits per heavy atom. The molecule has 1 aromatic rings. The molecule has 0 spiro atoms. The van der Waals surface area contributed by atoms with Gasteiger partial charge in [0, 0.05) is 25.2 Å². The standard InChI is InChI=1S/C24H36N2O5/c1-15(2)18-13-19(21(28)14-20(18)27)22(29)26-11-9-16(10-12-26)25-24(3,4)23(30)31-17-7-5-6-8-17/h13-17,25,27-28H,5-12H2,1-4H3. The summed E-state index contributed by atoms with van der Waals surface area (Å²) in [6, 6.07) is 2.94. The van der Waals surface area contributed by atoms with E-state index in [0.29, 0.717) is 31.5 Å². The predicted octanol–water partition coefficient (Wildman–Crippen LogP) is 3.68. The number of ether oxygens (including phenoxy) is 1. The first kappa shape index (κ1) is 23.4. The van der Waals surface area contributed by atoms with Gasteiger partial charge < -0.3 is 19.8 Å². The van der Waals surface area contributed by atoms with E-state index in [0.717, 1.165) is 25.7 Å². The van der Waals surface area contributed by atoms with Crippen molar-refractivity contribution < 1.29 is 24.5 Å². The quantitative estimate of drug-likeness (QED) is 0.593. The van der Waals surface area contributed by atoms with E-state index in [9.17, 15) is 19.8 Å². The summed E-state index contributed by atoms with van der Waals surface area (Å²) in [6.45, 7) is 8.62. The SMILES string of the molecule is CC(C)c1cc(C(=O)N2CCC(NC(C)(C)C(=O)OC3CCCC3)CC2)c(O)cc1O. The molecule has 1 amide bonds. The topological polar surface area (TPSA) is 99.1 Å². The molecule has 3 rings (SSSR count). The van der Waals surface area contributed by atoms with Gasteiger partial charge in [0.1, 0.15) is 23.1 Å². The van der Waals surface area contributed by atoms with Gasteiger partial charge in [0.25, 0.3) is 5.91 Å². The highest BCUT2D eigenvalue weighted by atomic mass is 16.5. The molecule has 1 aromatic carbocycles. The number of phenolic OH excluding ortho intramolecular Hbond substituents is 2. The second kappa shape index (κ2) is 9.47. The molecule has 7 heteroatoms. The molecular weight excluding hydrogens is 396 g/mol. The summed E-state index contributed by atoms with van der Waals surface area (Å²) in [5.41, 5.74) is 0.0782. The van der Waals surface area contributed by atoms with Gasteiger partial charge in [0.15, 0.2) is 0 Å². The van der Waals surface area contributed by atoms with Crippen molar-refractivity contribution in [1.82, 2.24) is 10.2 Å². The van der Waals surface area contributed by atoms with Gasteiger partial charge in [-0.3, -0.25) is 14.9 Å². The molecular formula is C24H36N2O5. The molecule has 7 nitrogen and oxygen atoms in total. The Bertz CT molecular complexity index is 806. The highest BCUT2D eigenvalue weighted by Gasteiger charge is 2.36. The fourth-order valence-electron chi connectivity index (χ4n) is 4.50. The number of rotatable bonds is 6. The second-order valence-electron chi connectivity index (χ2n) is 9.73. The van der Waals surface area contributed by atoms with Crippen LogP contribution in [0.15, 0.2) is 12.1 Å². The Morgan fingerprint density at radius 3 is 2.26 bits per heavy atom. The molecule has 31 heavy (non-hydrogen) atoms. The van der Waals surface area contributed by atoms with E-state index >= 15 is 0 Å². The molecule has 2 aliphatic rings. The van der Waals surface area contributed by atoms with E-state index in [-0.39, 0.29) is 47.0 Å². The number of piperidine rings is 1. The Hall–Kier alpha value is -2.28. The number of amides is 1. The van der Waals surface area contributed by atoms with Crippen LogP contribution < -0.4 is 5.32 Å². The van der Waals surface area contributed by atoms with Crippen LogP contribution in [0.25, 0.3) is 0 Å². The lowest BCUT2D eigenvalue weighted by Gasteiger charge is -2.37. The van der Waals surface area contributed by atoms with Gasteiger partial charge in [-0.25, -0.2) is 0 Å². The van der Waals surface area contributed by atoms with Crippen molar-refractivity contribution in [3.05, 3.63) is 23.3 Å². The number of nitrogens with one attached hydrogen (secondary N) is 1. The van der Waals surface area contributed by atoms with E-state index < -0.39 is 5.54 Å². The number of esters is 1. The van der Waals surface area contributed by atoms with Crippen molar-refractivity contribution >= 4 is 11.9 Å². The monoisotopic (exact) mass is 432 g/mol. The van der Waals surface area contributed by atoms with Crippen LogP contribution in [0.3, 0.4) is 0 Å². The Balaban J connectivity index is 1.57. The normalized spacial score (nSPS) is 18.5. The van der Waals surface area contributed by atoms with Crippen LogP contribution in [0.5, 0.6) is 11.5 Å². The number of hydrogen-bond acceptors (Lipinski definition) is 6. The maximum Gasteiger partial charge on any atom is 0.326 e. The lowest BCUT2D eigenvalue weighted by molar-refractivity contribution is -0.156. The largest absolute Gasteiger partial charge is 0.508 e. The van der Waals surface area contributed by atoms with E-state index in [1.807, 2.05) is 27.7 Å². The van der Waals surface area contributed by atoms with Crippen LogP contribution in [0.1, 0.15) is 88.1 Å². The number of likely N-dealkylation sites (tertiary alicyclic amines) is 1. The molecule has 0 aromatic heterocycles. The van der Waals surface area contributed by atoms with Crippen LogP contribution in [-0.2, 0) is 9.53 Å². The molecule has 0 unspecified atom stereocenters. The minimum absolute atomic E-state index is 0.00122. The summed E-state index contributed by atoms with van der Waals surface area (Å²) >= 11 is 0. The number of hydrogen-bond donors (Lipinski definition) is 3. The lowest BCUT2D eigenvalue weighted by atomic mass is 9.96. The molecule has 1 aliphatic heterocycles. The molecule has 1 aliphatic carbocycles. The van der Waals surface area contributed by atoms with Gasteiger partial charge in [0.2, 0.25) is 0 Å². The van der Waals surface area contributed by atoms with E-state index in [4.69, 9.17) is 4.74 Å². The molecule has 2 fully saturated rings. The molecule has 0 atom stereocenters.